The predicted molar refractivity (Wildman–Crippen MR) is 77.2 cm³/mol. The minimum atomic E-state index is -0.406. The van der Waals surface area contributed by atoms with Crippen molar-refractivity contribution in [2.75, 3.05) is 43.4 Å². The summed E-state index contributed by atoms with van der Waals surface area (Å²) in [7, 11) is 2.06. The number of hydrogen-bond acceptors (Lipinski definition) is 7. The highest BCUT2D eigenvalue weighted by Crippen LogP contribution is 2.32. The second-order valence-electron chi connectivity index (χ2n) is 4.96. The number of nitro groups is 1. The number of rotatable bonds is 4. The lowest BCUT2D eigenvalue weighted by Gasteiger charge is -2.37. The quantitative estimate of drug-likeness (QED) is 0.649. The maximum Gasteiger partial charge on any atom is 0.353 e. The SMILES string of the molecule is CCNc1ncnc(N2CCN(C)C(C)C2)c1[N+](=O)[O-]. The first-order chi connectivity index (χ1) is 9.54. The maximum atomic E-state index is 11.4. The van der Waals surface area contributed by atoms with Crippen molar-refractivity contribution >= 4 is 17.3 Å². The zero-order valence-electron chi connectivity index (χ0n) is 12.0. The van der Waals surface area contributed by atoms with Crippen molar-refractivity contribution in [1.29, 1.82) is 0 Å². The molecule has 1 atom stereocenters. The molecule has 110 valence electrons. The molecule has 0 aromatic carbocycles. The monoisotopic (exact) mass is 280 g/mol. The second-order valence-corrected chi connectivity index (χ2v) is 4.96. The molecule has 0 aliphatic carbocycles. The summed E-state index contributed by atoms with van der Waals surface area (Å²) in [6.07, 6.45) is 1.38. The third kappa shape index (κ3) is 2.79. The summed E-state index contributed by atoms with van der Waals surface area (Å²) >= 11 is 0. The zero-order chi connectivity index (χ0) is 14.7. The van der Waals surface area contributed by atoms with Crippen LogP contribution in [0.4, 0.5) is 17.3 Å². The van der Waals surface area contributed by atoms with Gasteiger partial charge < -0.3 is 15.1 Å². The maximum absolute atomic E-state index is 11.4. The molecule has 1 N–H and O–H groups in total. The van der Waals surface area contributed by atoms with Crippen molar-refractivity contribution in [2.45, 2.75) is 19.9 Å². The van der Waals surface area contributed by atoms with Gasteiger partial charge in [-0.2, -0.15) is 0 Å². The number of likely N-dealkylation sites (N-methyl/N-ethyl adjacent to an activating group) is 1. The number of piperazine rings is 1. The first kappa shape index (κ1) is 14.4. The van der Waals surface area contributed by atoms with Crippen LogP contribution < -0.4 is 10.2 Å². The third-order valence-electron chi connectivity index (χ3n) is 3.59. The van der Waals surface area contributed by atoms with Crippen molar-refractivity contribution in [3.8, 4) is 0 Å². The fourth-order valence-electron chi connectivity index (χ4n) is 2.31. The van der Waals surface area contributed by atoms with Crippen LogP contribution in [0.1, 0.15) is 13.8 Å². The highest BCUT2D eigenvalue weighted by Gasteiger charge is 2.30. The summed E-state index contributed by atoms with van der Waals surface area (Å²) in [5.74, 6) is 0.690. The minimum Gasteiger partial charge on any atom is -0.364 e. The predicted octanol–water partition coefficient (Wildman–Crippen LogP) is 0.957. The molecular formula is C12H20N6O2. The van der Waals surface area contributed by atoms with E-state index in [1.165, 1.54) is 6.33 Å². The summed E-state index contributed by atoms with van der Waals surface area (Å²) in [4.78, 5) is 23.3. The van der Waals surface area contributed by atoms with Crippen LogP contribution >= 0.6 is 0 Å². The van der Waals surface area contributed by atoms with Crippen LogP contribution in [-0.4, -0.2) is 59.1 Å². The van der Waals surface area contributed by atoms with E-state index in [0.29, 0.717) is 18.4 Å². The summed E-state index contributed by atoms with van der Waals surface area (Å²) in [5, 5.41) is 14.3. The van der Waals surface area contributed by atoms with Crippen molar-refractivity contribution < 1.29 is 4.92 Å². The lowest BCUT2D eigenvalue weighted by Crippen LogP contribution is -2.50. The molecule has 20 heavy (non-hydrogen) atoms. The highest BCUT2D eigenvalue weighted by atomic mass is 16.6. The van der Waals surface area contributed by atoms with Crippen LogP contribution in [0.5, 0.6) is 0 Å². The molecule has 2 heterocycles. The number of nitrogens with zero attached hydrogens (tertiary/aromatic N) is 5. The Hall–Kier alpha value is -1.96. The molecule has 1 aliphatic heterocycles. The van der Waals surface area contributed by atoms with Gasteiger partial charge in [0.05, 0.1) is 4.92 Å². The zero-order valence-corrected chi connectivity index (χ0v) is 12.0. The molecule has 0 saturated carbocycles. The molecule has 1 aromatic rings. The van der Waals surface area contributed by atoms with E-state index < -0.39 is 4.92 Å². The second kappa shape index (κ2) is 6.00. The van der Waals surface area contributed by atoms with Gasteiger partial charge in [0.25, 0.3) is 0 Å². The van der Waals surface area contributed by atoms with Gasteiger partial charge in [-0.25, -0.2) is 9.97 Å². The Labute approximate surface area is 118 Å². The van der Waals surface area contributed by atoms with Gasteiger partial charge in [0.15, 0.2) is 0 Å². The average molecular weight is 280 g/mol. The molecule has 0 amide bonds. The highest BCUT2D eigenvalue weighted by molar-refractivity contribution is 5.70. The van der Waals surface area contributed by atoms with E-state index in [9.17, 15) is 10.1 Å². The first-order valence-electron chi connectivity index (χ1n) is 6.73. The first-order valence-corrected chi connectivity index (χ1v) is 6.73. The topological polar surface area (TPSA) is 87.4 Å². The molecule has 0 radical (unpaired) electrons. The fourth-order valence-corrected chi connectivity index (χ4v) is 2.31. The van der Waals surface area contributed by atoms with E-state index in [1.807, 2.05) is 11.8 Å². The molecule has 2 rings (SSSR count). The fraction of sp³-hybridized carbons (Fsp3) is 0.667. The van der Waals surface area contributed by atoms with Gasteiger partial charge in [-0.05, 0) is 20.9 Å². The molecule has 1 aromatic heterocycles. The number of nitrogens with one attached hydrogen (secondary N) is 1. The molecule has 1 saturated heterocycles. The van der Waals surface area contributed by atoms with E-state index in [1.54, 1.807) is 0 Å². The van der Waals surface area contributed by atoms with Crippen LogP contribution in [-0.2, 0) is 0 Å². The Bertz CT molecular complexity index is 495. The van der Waals surface area contributed by atoms with Crippen molar-refractivity contribution in [3.63, 3.8) is 0 Å². The van der Waals surface area contributed by atoms with E-state index in [4.69, 9.17) is 0 Å². The summed E-state index contributed by atoms with van der Waals surface area (Å²) in [5.41, 5.74) is -0.0360. The minimum absolute atomic E-state index is 0.0360. The van der Waals surface area contributed by atoms with Gasteiger partial charge in [-0.15, -0.1) is 0 Å². The van der Waals surface area contributed by atoms with Crippen LogP contribution in [0.25, 0.3) is 0 Å². The Morgan fingerprint density at radius 2 is 2.25 bits per heavy atom. The molecule has 1 unspecified atom stereocenters. The Morgan fingerprint density at radius 1 is 1.50 bits per heavy atom. The Balaban J connectivity index is 2.35. The molecule has 0 bridgehead atoms. The van der Waals surface area contributed by atoms with Crippen molar-refractivity contribution in [3.05, 3.63) is 16.4 Å². The Kier molecular flexibility index (Phi) is 4.33. The van der Waals surface area contributed by atoms with Crippen LogP contribution in [0.15, 0.2) is 6.33 Å². The molecule has 8 nitrogen and oxygen atoms in total. The van der Waals surface area contributed by atoms with E-state index in [0.717, 1.165) is 19.6 Å². The normalized spacial score (nSPS) is 19.9. The molecule has 1 fully saturated rings. The van der Waals surface area contributed by atoms with E-state index >= 15 is 0 Å². The summed E-state index contributed by atoms with van der Waals surface area (Å²) in [6, 6.07) is 0.334. The van der Waals surface area contributed by atoms with Crippen molar-refractivity contribution in [1.82, 2.24) is 14.9 Å². The number of anilines is 2. The van der Waals surface area contributed by atoms with Gasteiger partial charge in [0.2, 0.25) is 11.6 Å². The lowest BCUT2D eigenvalue weighted by atomic mass is 10.2. The van der Waals surface area contributed by atoms with Gasteiger partial charge >= 0.3 is 5.69 Å². The number of hydrogen-bond donors (Lipinski definition) is 1. The molecule has 0 spiro atoms. The van der Waals surface area contributed by atoms with Gasteiger partial charge in [0.1, 0.15) is 6.33 Å². The molecule has 1 aliphatic rings. The van der Waals surface area contributed by atoms with Crippen molar-refractivity contribution in [2.24, 2.45) is 0 Å². The van der Waals surface area contributed by atoms with Gasteiger partial charge in [0, 0.05) is 32.2 Å². The lowest BCUT2D eigenvalue weighted by molar-refractivity contribution is -0.383. The van der Waals surface area contributed by atoms with Crippen LogP contribution in [0.2, 0.25) is 0 Å². The molecule has 8 heteroatoms. The smallest absolute Gasteiger partial charge is 0.353 e. The van der Waals surface area contributed by atoms with Gasteiger partial charge in [-0.1, -0.05) is 0 Å². The summed E-state index contributed by atoms with van der Waals surface area (Å²) < 4.78 is 0. The summed E-state index contributed by atoms with van der Waals surface area (Å²) in [6.45, 7) is 6.87. The molecular weight excluding hydrogens is 260 g/mol. The number of aromatic nitrogens is 2. The van der Waals surface area contributed by atoms with E-state index in [2.05, 4.69) is 34.2 Å². The third-order valence-corrected chi connectivity index (χ3v) is 3.59. The standard InChI is InChI=1S/C12H20N6O2/c1-4-13-11-10(18(19)20)12(15-8-14-11)17-6-5-16(3)9(2)7-17/h8-9H,4-7H2,1-3H3,(H,13,14,15). The largest absolute Gasteiger partial charge is 0.364 e. The van der Waals surface area contributed by atoms with Crippen LogP contribution in [0.3, 0.4) is 0 Å². The Morgan fingerprint density at radius 3 is 2.85 bits per heavy atom. The average Bonchev–Trinajstić information content (AvgIpc) is 2.42. The van der Waals surface area contributed by atoms with Gasteiger partial charge in [-0.3, -0.25) is 10.1 Å². The van der Waals surface area contributed by atoms with E-state index in [-0.39, 0.29) is 11.5 Å². The van der Waals surface area contributed by atoms with Crippen LogP contribution in [0, 0.1) is 10.1 Å².